The van der Waals surface area contributed by atoms with Crippen LogP contribution in [0, 0.1) is 0 Å². The van der Waals surface area contributed by atoms with E-state index in [2.05, 4.69) is 22.5 Å². The van der Waals surface area contributed by atoms with Crippen molar-refractivity contribution in [3.8, 4) is 0 Å². The van der Waals surface area contributed by atoms with Gasteiger partial charge in [0.05, 0.1) is 12.2 Å². The summed E-state index contributed by atoms with van der Waals surface area (Å²) in [5.41, 5.74) is 3.09. The van der Waals surface area contributed by atoms with Gasteiger partial charge in [-0.1, -0.05) is 19.1 Å². The Morgan fingerprint density at radius 3 is 2.46 bits per heavy atom. The fraction of sp³-hybridized carbons (Fsp3) is 0.278. The molecule has 0 unspecified atom stereocenters. The lowest BCUT2D eigenvalue weighted by Gasteiger charge is -2.12. The fourth-order valence-corrected chi connectivity index (χ4v) is 2.07. The van der Waals surface area contributed by atoms with Crippen LogP contribution in [0.1, 0.15) is 28.5 Å². The first-order valence-corrected chi connectivity index (χ1v) is 7.80. The third-order valence-corrected chi connectivity index (χ3v) is 3.53. The number of aromatic nitrogens is 1. The first-order valence-electron chi connectivity index (χ1n) is 7.80. The molecule has 6 nitrogen and oxygen atoms in total. The number of anilines is 1. The zero-order valence-electron chi connectivity index (χ0n) is 14.2. The predicted octanol–water partition coefficient (Wildman–Crippen LogP) is 2.67. The van der Waals surface area contributed by atoms with Crippen molar-refractivity contribution in [3.05, 3.63) is 59.4 Å². The van der Waals surface area contributed by atoms with Gasteiger partial charge < -0.3 is 15.5 Å². The Bertz CT molecular complexity index is 711. The van der Waals surface area contributed by atoms with Crippen molar-refractivity contribution in [2.24, 2.45) is 0 Å². The number of aryl methyl sites for hydroxylation is 1. The van der Waals surface area contributed by atoms with E-state index >= 15 is 0 Å². The summed E-state index contributed by atoms with van der Waals surface area (Å²) >= 11 is 0. The van der Waals surface area contributed by atoms with Gasteiger partial charge in [-0.15, -0.1) is 0 Å². The van der Waals surface area contributed by atoms with Gasteiger partial charge in [0.25, 0.3) is 5.91 Å². The summed E-state index contributed by atoms with van der Waals surface area (Å²) in [5.74, 6) is -0.207. The van der Waals surface area contributed by atoms with Crippen molar-refractivity contribution in [3.63, 3.8) is 0 Å². The number of carbonyl (C=O) groups is 2. The van der Waals surface area contributed by atoms with E-state index in [1.165, 1.54) is 10.5 Å². The van der Waals surface area contributed by atoms with Crippen molar-refractivity contribution in [1.82, 2.24) is 15.2 Å². The summed E-state index contributed by atoms with van der Waals surface area (Å²) < 4.78 is 0. The maximum absolute atomic E-state index is 12.3. The third kappa shape index (κ3) is 4.81. The molecule has 0 atom stereocenters. The Hall–Kier alpha value is -2.89. The lowest BCUT2D eigenvalue weighted by molar-refractivity contribution is 0.102. The molecule has 3 amide bonds. The van der Waals surface area contributed by atoms with Gasteiger partial charge in [0.2, 0.25) is 0 Å². The van der Waals surface area contributed by atoms with E-state index in [1.54, 1.807) is 32.4 Å². The molecule has 6 heteroatoms. The molecule has 0 aliphatic heterocycles. The van der Waals surface area contributed by atoms with Crippen LogP contribution in [0.15, 0.2) is 42.6 Å². The number of hydrogen-bond donors (Lipinski definition) is 2. The van der Waals surface area contributed by atoms with Gasteiger partial charge in [0.1, 0.15) is 0 Å². The number of amides is 3. The highest BCUT2D eigenvalue weighted by molar-refractivity contribution is 6.04. The van der Waals surface area contributed by atoms with E-state index in [-0.39, 0.29) is 18.5 Å². The Balaban J connectivity index is 2.01. The van der Waals surface area contributed by atoms with Crippen molar-refractivity contribution in [2.75, 3.05) is 19.4 Å². The minimum Gasteiger partial charge on any atom is -0.332 e. The monoisotopic (exact) mass is 326 g/mol. The molecule has 126 valence electrons. The molecule has 2 aromatic rings. The molecule has 24 heavy (non-hydrogen) atoms. The topological polar surface area (TPSA) is 74.3 Å². The minimum absolute atomic E-state index is 0.206. The molecule has 0 saturated heterocycles. The van der Waals surface area contributed by atoms with Gasteiger partial charge in [0, 0.05) is 31.5 Å². The average Bonchev–Trinajstić information content (AvgIpc) is 2.60. The predicted molar refractivity (Wildman–Crippen MR) is 93.9 cm³/mol. The van der Waals surface area contributed by atoms with Crippen molar-refractivity contribution < 1.29 is 9.59 Å². The standard InChI is InChI=1S/C18H22N4O2/c1-4-13-5-7-15(8-6-13)21-17(23)14-9-10-19-16(11-14)12-20-18(24)22(2)3/h5-11H,4,12H2,1-3H3,(H,20,24)(H,21,23). The molecule has 2 N–H and O–H groups in total. The molecule has 0 spiro atoms. The van der Waals surface area contributed by atoms with Gasteiger partial charge >= 0.3 is 6.03 Å². The zero-order chi connectivity index (χ0) is 17.5. The molecule has 2 rings (SSSR count). The molecule has 0 aliphatic carbocycles. The molecule has 0 radical (unpaired) electrons. The van der Waals surface area contributed by atoms with Crippen LogP contribution in [-0.2, 0) is 13.0 Å². The highest BCUT2D eigenvalue weighted by Gasteiger charge is 2.09. The van der Waals surface area contributed by atoms with E-state index in [1.807, 2.05) is 24.3 Å². The number of hydrogen-bond acceptors (Lipinski definition) is 3. The van der Waals surface area contributed by atoms with Crippen LogP contribution < -0.4 is 10.6 Å². The average molecular weight is 326 g/mol. The lowest BCUT2D eigenvalue weighted by atomic mass is 10.1. The van der Waals surface area contributed by atoms with Crippen LogP contribution in [0.4, 0.5) is 10.5 Å². The molecule has 0 saturated carbocycles. The Morgan fingerprint density at radius 2 is 1.83 bits per heavy atom. The van der Waals surface area contributed by atoms with Crippen LogP contribution >= 0.6 is 0 Å². The first-order chi connectivity index (χ1) is 11.5. The molecule has 0 fully saturated rings. The summed E-state index contributed by atoms with van der Waals surface area (Å²) in [4.78, 5) is 29.5. The Kier molecular flexibility index (Phi) is 5.89. The molecule has 1 aromatic heterocycles. The maximum atomic E-state index is 12.3. The smallest absolute Gasteiger partial charge is 0.317 e. The van der Waals surface area contributed by atoms with E-state index in [4.69, 9.17) is 0 Å². The summed E-state index contributed by atoms with van der Waals surface area (Å²) in [6.45, 7) is 2.35. The summed E-state index contributed by atoms with van der Waals surface area (Å²) in [7, 11) is 3.33. The van der Waals surface area contributed by atoms with Gasteiger partial charge in [-0.25, -0.2) is 4.79 Å². The SMILES string of the molecule is CCc1ccc(NC(=O)c2ccnc(CNC(=O)N(C)C)c2)cc1. The molecular formula is C18H22N4O2. The largest absolute Gasteiger partial charge is 0.332 e. The van der Waals surface area contributed by atoms with Crippen molar-refractivity contribution in [2.45, 2.75) is 19.9 Å². The van der Waals surface area contributed by atoms with E-state index in [0.29, 0.717) is 11.3 Å². The van der Waals surface area contributed by atoms with Crippen LogP contribution in [0.3, 0.4) is 0 Å². The van der Waals surface area contributed by atoms with E-state index in [9.17, 15) is 9.59 Å². The number of nitrogens with zero attached hydrogens (tertiary/aromatic N) is 2. The van der Waals surface area contributed by atoms with Gasteiger partial charge in [-0.3, -0.25) is 9.78 Å². The zero-order valence-corrected chi connectivity index (χ0v) is 14.2. The lowest BCUT2D eigenvalue weighted by Crippen LogP contribution is -2.34. The first kappa shape index (κ1) is 17.5. The van der Waals surface area contributed by atoms with Crippen molar-refractivity contribution >= 4 is 17.6 Å². The minimum atomic E-state index is -0.207. The molecule has 1 aromatic carbocycles. The summed E-state index contributed by atoms with van der Waals surface area (Å²) in [5, 5.41) is 5.58. The van der Waals surface area contributed by atoms with Gasteiger partial charge in [0.15, 0.2) is 0 Å². The quantitative estimate of drug-likeness (QED) is 0.887. The summed E-state index contributed by atoms with van der Waals surface area (Å²) in [6.07, 6.45) is 2.52. The number of nitrogens with one attached hydrogen (secondary N) is 2. The Labute approximate surface area is 141 Å². The fourth-order valence-electron chi connectivity index (χ4n) is 2.07. The number of pyridine rings is 1. The maximum Gasteiger partial charge on any atom is 0.317 e. The molecule has 0 aliphatic rings. The van der Waals surface area contributed by atoms with Gasteiger partial charge in [-0.2, -0.15) is 0 Å². The molecule has 1 heterocycles. The second-order valence-electron chi connectivity index (χ2n) is 5.59. The second kappa shape index (κ2) is 8.10. The molecule has 0 bridgehead atoms. The normalized spacial score (nSPS) is 10.1. The van der Waals surface area contributed by atoms with Crippen LogP contribution in [0.25, 0.3) is 0 Å². The highest BCUT2D eigenvalue weighted by atomic mass is 16.2. The number of urea groups is 1. The highest BCUT2D eigenvalue weighted by Crippen LogP contribution is 2.12. The van der Waals surface area contributed by atoms with Crippen LogP contribution in [0.5, 0.6) is 0 Å². The van der Waals surface area contributed by atoms with Crippen LogP contribution in [-0.4, -0.2) is 35.9 Å². The van der Waals surface area contributed by atoms with Gasteiger partial charge in [-0.05, 0) is 36.2 Å². The van der Waals surface area contributed by atoms with Crippen LogP contribution in [0.2, 0.25) is 0 Å². The Morgan fingerprint density at radius 1 is 1.12 bits per heavy atom. The van der Waals surface area contributed by atoms with E-state index < -0.39 is 0 Å². The second-order valence-corrected chi connectivity index (χ2v) is 5.59. The summed E-state index contributed by atoms with van der Waals surface area (Å²) in [6, 6.07) is 10.9. The number of rotatable bonds is 5. The number of benzene rings is 1. The van der Waals surface area contributed by atoms with E-state index in [0.717, 1.165) is 12.1 Å². The number of carbonyl (C=O) groups excluding carboxylic acids is 2. The molecular weight excluding hydrogens is 304 g/mol. The van der Waals surface area contributed by atoms with Crippen molar-refractivity contribution in [1.29, 1.82) is 0 Å². The third-order valence-electron chi connectivity index (χ3n) is 3.53.